The van der Waals surface area contributed by atoms with E-state index in [4.69, 9.17) is 0 Å². The zero-order valence-electron chi connectivity index (χ0n) is 11.6. The van der Waals surface area contributed by atoms with Crippen LogP contribution in [0.3, 0.4) is 0 Å². The molecule has 0 aromatic heterocycles. The van der Waals surface area contributed by atoms with Crippen LogP contribution in [0.15, 0.2) is 12.1 Å². The lowest BCUT2D eigenvalue weighted by atomic mass is 10.1. The number of nitrogens with zero attached hydrogens (tertiary/aromatic N) is 2. The van der Waals surface area contributed by atoms with Crippen LogP contribution in [0.5, 0.6) is 0 Å². The molecule has 8 heteroatoms. The molecule has 1 aromatic carbocycles. The van der Waals surface area contributed by atoms with Crippen molar-refractivity contribution >= 4 is 23.4 Å². The fourth-order valence-corrected chi connectivity index (χ4v) is 3.33. The number of hydrogen-bond donors (Lipinski definition) is 0. The van der Waals surface area contributed by atoms with E-state index in [0.717, 1.165) is 0 Å². The van der Waals surface area contributed by atoms with Gasteiger partial charge in [-0.25, -0.2) is 4.39 Å². The van der Waals surface area contributed by atoms with Gasteiger partial charge in [0.25, 0.3) is 5.91 Å². The molecule has 0 saturated carbocycles. The number of nitro benzene ring substituents is 1. The Morgan fingerprint density at radius 3 is 2.67 bits per heavy atom. The van der Waals surface area contributed by atoms with E-state index >= 15 is 0 Å². The van der Waals surface area contributed by atoms with Crippen LogP contribution >= 0.6 is 11.8 Å². The first-order valence-corrected chi connectivity index (χ1v) is 7.26. The fourth-order valence-electron chi connectivity index (χ4n) is 2.22. The highest BCUT2D eigenvalue weighted by atomic mass is 32.2. The van der Waals surface area contributed by atoms with Gasteiger partial charge in [0, 0.05) is 23.6 Å². The molecule has 21 heavy (non-hydrogen) atoms. The van der Waals surface area contributed by atoms with Crippen LogP contribution in [0.1, 0.15) is 24.2 Å². The number of amides is 1. The van der Waals surface area contributed by atoms with E-state index in [1.165, 1.54) is 4.90 Å². The van der Waals surface area contributed by atoms with Gasteiger partial charge in [0.15, 0.2) is 0 Å². The molecule has 0 radical (unpaired) electrons. The van der Waals surface area contributed by atoms with E-state index in [1.54, 1.807) is 11.8 Å². The average molecular weight is 316 g/mol. The van der Waals surface area contributed by atoms with E-state index in [1.807, 2.05) is 13.8 Å². The number of hydrogen-bond acceptors (Lipinski definition) is 4. The van der Waals surface area contributed by atoms with Crippen LogP contribution in [0.4, 0.5) is 14.5 Å². The van der Waals surface area contributed by atoms with Gasteiger partial charge in [-0.1, -0.05) is 0 Å². The maximum atomic E-state index is 14.0. The maximum Gasteiger partial charge on any atom is 0.308 e. The molecule has 0 N–H and O–H groups in total. The number of nitro groups is 1. The van der Waals surface area contributed by atoms with E-state index < -0.39 is 33.7 Å². The topological polar surface area (TPSA) is 63.5 Å². The highest BCUT2D eigenvalue weighted by molar-refractivity contribution is 8.00. The van der Waals surface area contributed by atoms with Crippen LogP contribution in [-0.4, -0.2) is 39.3 Å². The van der Waals surface area contributed by atoms with Gasteiger partial charge in [-0.15, -0.1) is 0 Å². The summed E-state index contributed by atoms with van der Waals surface area (Å²) in [5.41, 5.74) is -1.62. The molecule has 0 atom stereocenters. The summed E-state index contributed by atoms with van der Waals surface area (Å²) in [6, 6.07) is 1.18. The van der Waals surface area contributed by atoms with Crippen LogP contribution in [0.2, 0.25) is 0 Å². The van der Waals surface area contributed by atoms with Crippen LogP contribution in [0, 0.1) is 21.7 Å². The predicted octanol–water partition coefficient (Wildman–Crippen LogP) is 2.84. The number of halogens is 2. The Labute approximate surface area is 124 Å². The minimum Gasteiger partial charge on any atom is -0.336 e. The fraction of sp³-hybridized carbons (Fsp3) is 0.462. The summed E-state index contributed by atoms with van der Waals surface area (Å²) in [5, 5.41) is 10.7. The molecule has 1 heterocycles. The monoisotopic (exact) mass is 316 g/mol. The van der Waals surface area contributed by atoms with E-state index in [9.17, 15) is 23.7 Å². The zero-order chi connectivity index (χ0) is 15.8. The van der Waals surface area contributed by atoms with Crippen molar-refractivity contribution in [3.63, 3.8) is 0 Å². The van der Waals surface area contributed by atoms with Gasteiger partial charge in [-0.05, 0) is 19.9 Å². The summed E-state index contributed by atoms with van der Waals surface area (Å²) < 4.78 is 27.3. The van der Waals surface area contributed by atoms with Crippen LogP contribution < -0.4 is 0 Å². The average Bonchev–Trinajstić information content (AvgIpc) is 2.38. The number of thioether (sulfide) groups is 1. The Morgan fingerprint density at radius 2 is 2.10 bits per heavy atom. The molecule has 0 spiro atoms. The number of benzene rings is 1. The first-order chi connectivity index (χ1) is 9.71. The minimum absolute atomic E-state index is 0.191. The van der Waals surface area contributed by atoms with Crippen molar-refractivity contribution in [1.82, 2.24) is 4.90 Å². The first kappa shape index (κ1) is 15.7. The Bertz CT molecular complexity index is 607. The van der Waals surface area contributed by atoms with Gasteiger partial charge in [-0.3, -0.25) is 14.9 Å². The number of carbonyl (C=O) groups is 1. The molecule has 5 nitrogen and oxygen atoms in total. The van der Waals surface area contributed by atoms with Gasteiger partial charge in [0.2, 0.25) is 5.82 Å². The Morgan fingerprint density at radius 1 is 1.43 bits per heavy atom. The Balaban J connectivity index is 2.37. The third-order valence-electron chi connectivity index (χ3n) is 3.16. The van der Waals surface area contributed by atoms with Gasteiger partial charge in [0.1, 0.15) is 5.82 Å². The normalized spacial score (nSPS) is 17.6. The van der Waals surface area contributed by atoms with E-state index in [0.29, 0.717) is 31.0 Å². The number of carbonyl (C=O) groups excluding carboxylic acids is 1. The lowest BCUT2D eigenvalue weighted by Gasteiger charge is -2.37. The minimum atomic E-state index is -1.29. The Hall–Kier alpha value is -1.70. The van der Waals surface area contributed by atoms with Crippen molar-refractivity contribution in [2.45, 2.75) is 18.6 Å². The molecule has 0 bridgehead atoms. The second-order valence-corrected chi connectivity index (χ2v) is 7.18. The lowest BCUT2D eigenvalue weighted by molar-refractivity contribution is -0.387. The molecule has 1 aliphatic heterocycles. The van der Waals surface area contributed by atoms with Crippen molar-refractivity contribution in [1.29, 1.82) is 0 Å². The largest absolute Gasteiger partial charge is 0.336 e. The van der Waals surface area contributed by atoms with Gasteiger partial charge < -0.3 is 4.90 Å². The summed E-state index contributed by atoms with van der Waals surface area (Å²) in [7, 11) is 0. The Kier molecular flexibility index (Phi) is 4.18. The zero-order valence-corrected chi connectivity index (χ0v) is 12.4. The van der Waals surface area contributed by atoms with Gasteiger partial charge >= 0.3 is 5.69 Å². The van der Waals surface area contributed by atoms with Crippen molar-refractivity contribution in [3.8, 4) is 0 Å². The standard InChI is InChI=1S/C13H14F2N2O3S/c1-13(2)7-16(3-4-21-13)12(18)9-5-8(14)6-10(11(9)15)17(19)20/h5-6H,3-4,7H2,1-2H3. The molecule has 1 aromatic rings. The van der Waals surface area contributed by atoms with Gasteiger partial charge in [0.05, 0.1) is 16.6 Å². The molecule has 0 aliphatic carbocycles. The SMILES string of the molecule is CC1(C)CN(C(=O)c2cc(F)cc([N+](=O)[O-])c2F)CCS1. The second kappa shape index (κ2) is 5.59. The van der Waals surface area contributed by atoms with Crippen LogP contribution in [0.25, 0.3) is 0 Å². The summed E-state index contributed by atoms with van der Waals surface area (Å²) in [6.07, 6.45) is 0. The van der Waals surface area contributed by atoms with Crippen molar-refractivity contribution in [2.75, 3.05) is 18.8 Å². The smallest absolute Gasteiger partial charge is 0.308 e. The van der Waals surface area contributed by atoms with E-state index in [-0.39, 0.29) is 4.75 Å². The summed E-state index contributed by atoms with van der Waals surface area (Å²) >= 11 is 1.68. The predicted molar refractivity (Wildman–Crippen MR) is 75.5 cm³/mol. The summed E-state index contributed by atoms with van der Waals surface area (Å²) in [5.74, 6) is -2.33. The molecular formula is C13H14F2N2O3S. The molecule has 0 unspecified atom stereocenters. The first-order valence-electron chi connectivity index (χ1n) is 6.28. The third-order valence-corrected chi connectivity index (χ3v) is 4.46. The third kappa shape index (κ3) is 3.31. The van der Waals surface area contributed by atoms with E-state index in [2.05, 4.69) is 0 Å². The molecule has 1 fully saturated rings. The molecule has 2 rings (SSSR count). The van der Waals surface area contributed by atoms with Gasteiger partial charge in [-0.2, -0.15) is 16.2 Å². The van der Waals surface area contributed by atoms with Crippen molar-refractivity contribution < 1.29 is 18.5 Å². The molecule has 1 amide bonds. The summed E-state index contributed by atoms with van der Waals surface area (Å²) in [6.45, 7) is 4.67. The molecule has 114 valence electrons. The molecule has 1 aliphatic rings. The van der Waals surface area contributed by atoms with Crippen molar-refractivity contribution in [3.05, 3.63) is 39.4 Å². The second-order valence-electron chi connectivity index (χ2n) is 5.38. The van der Waals surface area contributed by atoms with Crippen molar-refractivity contribution in [2.24, 2.45) is 0 Å². The number of rotatable bonds is 2. The summed E-state index contributed by atoms with van der Waals surface area (Å²) in [4.78, 5) is 23.4. The molecule has 1 saturated heterocycles. The maximum absolute atomic E-state index is 14.0. The molecular weight excluding hydrogens is 302 g/mol. The highest BCUT2D eigenvalue weighted by Crippen LogP contribution is 2.31. The quantitative estimate of drug-likeness (QED) is 0.622. The highest BCUT2D eigenvalue weighted by Gasteiger charge is 2.33. The van der Waals surface area contributed by atoms with Crippen LogP contribution in [-0.2, 0) is 0 Å². The lowest BCUT2D eigenvalue weighted by Crippen LogP contribution is -2.46.